The number of hydrogen-bond donors (Lipinski definition) is 0. The van der Waals surface area contributed by atoms with E-state index >= 15 is 0 Å². The number of ether oxygens (including phenoxy) is 1. The molecule has 3 aromatic rings. The zero-order valence-corrected chi connectivity index (χ0v) is 20.9. The first-order chi connectivity index (χ1) is 17.1. The van der Waals surface area contributed by atoms with Crippen LogP contribution in [0, 0.1) is 6.92 Å². The normalized spacial score (nSPS) is 13.9. The molecule has 35 heavy (non-hydrogen) atoms. The van der Waals surface area contributed by atoms with E-state index in [2.05, 4.69) is 17.1 Å². The minimum absolute atomic E-state index is 0.0499. The zero-order chi connectivity index (χ0) is 24.5. The van der Waals surface area contributed by atoms with Gasteiger partial charge in [0.1, 0.15) is 12.4 Å². The number of piperazine rings is 1. The second-order valence-electron chi connectivity index (χ2n) is 8.56. The average molecular weight is 490 g/mol. The summed E-state index contributed by atoms with van der Waals surface area (Å²) in [5, 5.41) is 3.00. The summed E-state index contributed by atoms with van der Waals surface area (Å²) in [4.78, 5) is 33.4. The number of para-hydroxylation sites is 1. The standard InChI is InChI=1S/C28H31N3O3S/c1-22-29-25(21-35-22)20-34-26-12-6-5-11-24(26)14-15-28(33)31-18-16-30(17-19-31)27(32)13-7-10-23-8-3-2-4-9-23/h2-6,8-9,11-12,14-15,21H,7,10,13,16-20H2,1H3/b15-14+. The number of thiazole rings is 1. The Labute approximate surface area is 210 Å². The van der Waals surface area contributed by atoms with Crippen molar-refractivity contribution in [3.05, 3.63) is 87.9 Å². The van der Waals surface area contributed by atoms with Crippen molar-refractivity contribution in [2.24, 2.45) is 0 Å². The summed E-state index contributed by atoms with van der Waals surface area (Å²) in [6.45, 7) is 4.62. The first-order valence-electron chi connectivity index (χ1n) is 12.0. The highest BCUT2D eigenvalue weighted by Gasteiger charge is 2.22. The maximum Gasteiger partial charge on any atom is 0.246 e. The van der Waals surface area contributed by atoms with Gasteiger partial charge in [0, 0.05) is 49.6 Å². The van der Waals surface area contributed by atoms with Crippen LogP contribution >= 0.6 is 11.3 Å². The second-order valence-corrected chi connectivity index (χ2v) is 9.63. The molecular weight excluding hydrogens is 458 g/mol. The molecule has 0 N–H and O–H groups in total. The number of amides is 2. The molecule has 182 valence electrons. The molecule has 1 saturated heterocycles. The second kappa shape index (κ2) is 12.3. The quantitative estimate of drug-likeness (QED) is 0.408. The zero-order valence-electron chi connectivity index (χ0n) is 20.1. The Hall–Kier alpha value is -3.45. The fourth-order valence-electron chi connectivity index (χ4n) is 4.07. The van der Waals surface area contributed by atoms with Crippen LogP contribution in [-0.2, 0) is 22.6 Å². The van der Waals surface area contributed by atoms with Gasteiger partial charge >= 0.3 is 0 Å². The van der Waals surface area contributed by atoms with Crippen molar-refractivity contribution < 1.29 is 14.3 Å². The Kier molecular flexibility index (Phi) is 8.68. The van der Waals surface area contributed by atoms with Gasteiger partial charge in [0.25, 0.3) is 0 Å². The maximum atomic E-state index is 12.8. The Morgan fingerprint density at radius 1 is 1.00 bits per heavy atom. The van der Waals surface area contributed by atoms with E-state index in [1.54, 1.807) is 28.4 Å². The topological polar surface area (TPSA) is 62.7 Å². The monoisotopic (exact) mass is 489 g/mol. The maximum absolute atomic E-state index is 12.8. The van der Waals surface area contributed by atoms with Gasteiger partial charge in [0.05, 0.1) is 10.7 Å². The fraction of sp³-hybridized carbons (Fsp3) is 0.321. The van der Waals surface area contributed by atoms with E-state index in [1.807, 2.05) is 59.7 Å². The van der Waals surface area contributed by atoms with Crippen LogP contribution < -0.4 is 4.74 Å². The third kappa shape index (κ3) is 7.26. The highest BCUT2D eigenvalue weighted by Crippen LogP contribution is 2.21. The molecule has 1 aromatic heterocycles. The molecule has 2 amide bonds. The molecule has 0 spiro atoms. The molecule has 0 unspecified atom stereocenters. The lowest BCUT2D eigenvalue weighted by Gasteiger charge is -2.34. The largest absolute Gasteiger partial charge is 0.487 e. The molecule has 1 aliphatic heterocycles. The Morgan fingerprint density at radius 2 is 1.71 bits per heavy atom. The summed E-state index contributed by atoms with van der Waals surface area (Å²) in [6.07, 6.45) is 5.68. The van der Waals surface area contributed by atoms with E-state index in [-0.39, 0.29) is 11.8 Å². The third-order valence-corrected chi connectivity index (χ3v) is 6.83. The number of carbonyl (C=O) groups is 2. The Morgan fingerprint density at radius 3 is 2.46 bits per heavy atom. The van der Waals surface area contributed by atoms with Crippen molar-refractivity contribution in [1.29, 1.82) is 0 Å². The van der Waals surface area contributed by atoms with E-state index in [0.29, 0.717) is 45.0 Å². The van der Waals surface area contributed by atoms with Crippen molar-refractivity contribution in [2.75, 3.05) is 26.2 Å². The Balaban J connectivity index is 1.23. The first-order valence-corrected chi connectivity index (χ1v) is 12.9. The molecular formula is C28H31N3O3S. The van der Waals surface area contributed by atoms with Crippen LogP contribution in [0.3, 0.4) is 0 Å². The highest BCUT2D eigenvalue weighted by atomic mass is 32.1. The van der Waals surface area contributed by atoms with E-state index in [4.69, 9.17) is 4.74 Å². The highest BCUT2D eigenvalue weighted by molar-refractivity contribution is 7.09. The van der Waals surface area contributed by atoms with Crippen molar-refractivity contribution >= 4 is 29.2 Å². The number of aromatic nitrogens is 1. The molecule has 4 rings (SSSR count). The molecule has 0 atom stereocenters. The van der Waals surface area contributed by atoms with Crippen LogP contribution in [0.15, 0.2) is 66.1 Å². The lowest BCUT2D eigenvalue weighted by molar-refractivity contribution is -0.137. The number of rotatable bonds is 9. The van der Waals surface area contributed by atoms with Crippen LogP contribution in [0.25, 0.3) is 6.08 Å². The third-order valence-electron chi connectivity index (χ3n) is 6.01. The summed E-state index contributed by atoms with van der Waals surface area (Å²) in [7, 11) is 0. The summed E-state index contributed by atoms with van der Waals surface area (Å²) in [6, 6.07) is 17.9. The number of carbonyl (C=O) groups excluding carboxylic acids is 2. The molecule has 0 saturated carbocycles. The van der Waals surface area contributed by atoms with Crippen LogP contribution in [0.4, 0.5) is 0 Å². The van der Waals surface area contributed by atoms with Crippen LogP contribution in [0.2, 0.25) is 0 Å². The van der Waals surface area contributed by atoms with Gasteiger partial charge in [-0.2, -0.15) is 0 Å². The predicted molar refractivity (Wildman–Crippen MR) is 139 cm³/mol. The fourth-order valence-corrected chi connectivity index (χ4v) is 4.66. The molecule has 0 aliphatic carbocycles. The molecule has 6 nitrogen and oxygen atoms in total. The van der Waals surface area contributed by atoms with Crippen LogP contribution in [0.1, 0.15) is 34.7 Å². The summed E-state index contributed by atoms with van der Waals surface area (Å²) >= 11 is 1.60. The van der Waals surface area contributed by atoms with Crippen LogP contribution in [-0.4, -0.2) is 52.8 Å². The van der Waals surface area contributed by atoms with Gasteiger partial charge in [0.2, 0.25) is 11.8 Å². The van der Waals surface area contributed by atoms with Gasteiger partial charge in [0.15, 0.2) is 0 Å². The van der Waals surface area contributed by atoms with Gasteiger partial charge in [-0.1, -0.05) is 48.5 Å². The van der Waals surface area contributed by atoms with E-state index in [9.17, 15) is 9.59 Å². The van der Waals surface area contributed by atoms with Crippen molar-refractivity contribution in [3.63, 3.8) is 0 Å². The number of hydrogen-bond acceptors (Lipinski definition) is 5. The first kappa shape index (κ1) is 24.7. The van der Waals surface area contributed by atoms with Gasteiger partial charge < -0.3 is 14.5 Å². The van der Waals surface area contributed by atoms with Gasteiger partial charge in [-0.05, 0) is 37.5 Å². The molecule has 0 bridgehead atoms. The average Bonchev–Trinajstić information content (AvgIpc) is 3.32. The van der Waals surface area contributed by atoms with Crippen LogP contribution in [0.5, 0.6) is 5.75 Å². The minimum atomic E-state index is -0.0499. The molecule has 2 heterocycles. The molecule has 2 aromatic carbocycles. The molecule has 1 aliphatic rings. The molecule has 1 fully saturated rings. The number of benzene rings is 2. The van der Waals surface area contributed by atoms with Crippen molar-refractivity contribution in [2.45, 2.75) is 32.8 Å². The molecule has 7 heteroatoms. The van der Waals surface area contributed by atoms with E-state index in [0.717, 1.165) is 29.1 Å². The van der Waals surface area contributed by atoms with Gasteiger partial charge in [-0.15, -0.1) is 11.3 Å². The number of aryl methyl sites for hydroxylation is 2. The lowest BCUT2D eigenvalue weighted by atomic mass is 10.1. The number of nitrogens with zero attached hydrogens (tertiary/aromatic N) is 3. The molecule has 0 radical (unpaired) electrons. The van der Waals surface area contributed by atoms with E-state index in [1.165, 1.54) is 5.56 Å². The Bertz CT molecular complexity index is 1150. The van der Waals surface area contributed by atoms with Gasteiger partial charge in [-0.25, -0.2) is 4.98 Å². The summed E-state index contributed by atoms with van der Waals surface area (Å²) in [5.41, 5.74) is 3.00. The summed E-state index contributed by atoms with van der Waals surface area (Å²) < 4.78 is 5.94. The smallest absolute Gasteiger partial charge is 0.246 e. The lowest BCUT2D eigenvalue weighted by Crippen LogP contribution is -2.50. The summed E-state index contributed by atoms with van der Waals surface area (Å²) in [5.74, 6) is 0.837. The SMILES string of the molecule is Cc1nc(COc2ccccc2/C=C/C(=O)N2CCN(C(=O)CCCc3ccccc3)CC2)cs1. The van der Waals surface area contributed by atoms with Crippen molar-refractivity contribution in [3.8, 4) is 5.75 Å². The predicted octanol–water partition coefficient (Wildman–Crippen LogP) is 4.74. The minimum Gasteiger partial charge on any atom is -0.487 e. The van der Waals surface area contributed by atoms with E-state index < -0.39 is 0 Å². The van der Waals surface area contributed by atoms with Crippen molar-refractivity contribution in [1.82, 2.24) is 14.8 Å². The van der Waals surface area contributed by atoms with Gasteiger partial charge in [-0.3, -0.25) is 9.59 Å².